The van der Waals surface area contributed by atoms with E-state index in [0.29, 0.717) is 24.0 Å². The highest BCUT2D eigenvalue weighted by Crippen LogP contribution is 2.46. The summed E-state index contributed by atoms with van der Waals surface area (Å²) in [5.74, 6) is 3.86. The summed E-state index contributed by atoms with van der Waals surface area (Å²) in [7, 11) is 0. The smallest absolute Gasteiger partial charge is 0.303 e. The van der Waals surface area contributed by atoms with Crippen LogP contribution in [0.15, 0.2) is 24.3 Å². The van der Waals surface area contributed by atoms with Crippen molar-refractivity contribution in [2.45, 2.75) is 82.8 Å². The Hall–Kier alpha value is -0.740. The molecule has 0 amide bonds. The van der Waals surface area contributed by atoms with Gasteiger partial charge in [0.25, 0.3) is 0 Å². The number of carbonyl (C=O) groups is 1. The quantitative estimate of drug-likeness (QED) is 0.354. The molecule has 0 spiro atoms. The van der Waals surface area contributed by atoms with Crippen molar-refractivity contribution in [1.29, 1.82) is 0 Å². The third kappa shape index (κ3) is 6.67. The molecule has 0 aromatic rings. The lowest BCUT2D eigenvalue weighted by atomic mass is 9.78. The third-order valence-electron chi connectivity index (χ3n) is 6.51. The number of fused-ring (bicyclic) bond motifs is 2. The molecule has 2 aliphatic heterocycles. The van der Waals surface area contributed by atoms with E-state index in [1.54, 1.807) is 0 Å². The summed E-state index contributed by atoms with van der Waals surface area (Å²) in [6, 6.07) is 0. The van der Waals surface area contributed by atoms with Gasteiger partial charge in [0.2, 0.25) is 0 Å². The maximum absolute atomic E-state index is 10.6. The van der Waals surface area contributed by atoms with Crippen LogP contribution in [0.25, 0.3) is 0 Å². The van der Waals surface area contributed by atoms with Gasteiger partial charge in [-0.05, 0) is 68.5 Å². The van der Waals surface area contributed by atoms with Gasteiger partial charge in [0, 0.05) is 12.2 Å². The average molecular weight is 393 g/mol. The highest BCUT2D eigenvalue weighted by molar-refractivity contribution is 7.99. The van der Waals surface area contributed by atoms with Crippen LogP contribution < -0.4 is 0 Å². The molecule has 152 valence electrons. The van der Waals surface area contributed by atoms with Crippen LogP contribution >= 0.6 is 11.8 Å². The van der Waals surface area contributed by atoms with Crippen LogP contribution in [0.2, 0.25) is 0 Å². The molecule has 0 aromatic carbocycles. The zero-order valence-corrected chi connectivity index (χ0v) is 17.4. The predicted octanol–water partition coefficient (Wildman–Crippen LogP) is 5.85. The van der Waals surface area contributed by atoms with Crippen LogP contribution in [0, 0.1) is 17.8 Å². The molecular formula is C23H36O3S. The van der Waals surface area contributed by atoms with Crippen molar-refractivity contribution in [3.8, 4) is 0 Å². The van der Waals surface area contributed by atoms with Crippen molar-refractivity contribution in [3.05, 3.63) is 24.3 Å². The van der Waals surface area contributed by atoms with E-state index < -0.39 is 5.97 Å². The Balaban J connectivity index is 1.35. The van der Waals surface area contributed by atoms with Crippen molar-refractivity contribution in [3.63, 3.8) is 0 Å². The van der Waals surface area contributed by atoms with E-state index in [4.69, 9.17) is 9.84 Å². The molecular weight excluding hydrogens is 356 g/mol. The summed E-state index contributed by atoms with van der Waals surface area (Å²) in [4.78, 5) is 10.6. The normalized spacial score (nSPS) is 31.4. The van der Waals surface area contributed by atoms with E-state index in [9.17, 15) is 4.79 Å². The summed E-state index contributed by atoms with van der Waals surface area (Å²) < 4.78 is 6.22. The van der Waals surface area contributed by atoms with Crippen LogP contribution in [-0.2, 0) is 9.53 Å². The van der Waals surface area contributed by atoms with E-state index >= 15 is 0 Å². The fourth-order valence-corrected chi connectivity index (χ4v) is 6.13. The standard InChI is InChI=1S/C23H36O3S/c24-23(25)13-7-2-1-6-12-19-20(22-15-14-21(19)26-22)17-27-16-8-11-18-9-4-3-5-10-18/h1,6,8,11,18-22H,2-5,7,9-10,12-17H2,(H,24,25)/b6-1-,11-8+/t19-,20+,21-,22+/m1/s1. The highest BCUT2D eigenvalue weighted by Gasteiger charge is 2.47. The maximum atomic E-state index is 10.6. The van der Waals surface area contributed by atoms with E-state index in [1.807, 2.05) is 0 Å². The second kappa shape index (κ2) is 11.3. The molecule has 2 saturated heterocycles. The Kier molecular flexibility index (Phi) is 8.79. The summed E-state index contributed by atoms with van der Waals surface area (Å²) in [5, 5.41) is 8.70. The van der Waals surface area contributed by atoms with Crippen molar-refractivity contribution in [1.82, 2.24) is 0 Å². The van der Waals surface area contributed by atoms with Crippen molar-refractivity contribution < 1.29 is 14.6 Å². The first-order chi connectivity index (χ1) is 13.2. The lowest BCUT2D eigenvalue weighted by molar-refractivity contribution is -0.137. The Morgan fingerprint density at radius 2 is 1.78 bits per heavy atom. The molecule has 4 atom stereocenters. The van der Waals surface area contributed by atoms with Crippen LogP contribution in [0.5, 0.6) is 0 Å². The molecule has 3 rings (SSSR count). The van der Waals surface area contributed by atoms with E-state index in [0.717, 1.165) is 30.9 Å². The van der Waals surface area contributed by atoms with Crippen LogP contribution in [0.3, 0.4) is 0 Å². The molecule has 4 heteroatoms. The monoisotopic (exact) mass is 392 g/mol. The first-order valence-corrected chi connectivity index (χ1v) is 12.2. The van der Waals surface area contributed by atoms with Gasteiger partial charge in [-0.15, -0.1) is 0 Å². The first kappa shape index (κ1) is 21.0. The maximum Gasteiger partial charge on any atom is 0.303 e. The molecule has 3 aliphatic rings. The number of carboxylic acid groups (broad SMARTS) is 1. The molecule has 3 fully saturated rings. The third-order valence-corrected chi connectivity index (χ3v) is 7.56. The number of hydrogen-bond donors (Lipinski definition) is 1. The summed E-state index contributed by atoms with van der Waals surface area (Å²) in [6.07, 6.45) is 22.8. The Morgan fingerprint density at radius 1 is 1.00 bits per heavy atom. The van der Waals surface area contributed by atoms with Crippen LogP contribution in [-0.4, -0.2) is 34.8 Å². The summed E-state index contributed by atoms with van der Waals surface area (Å²) >= 11 is 2.08. The van der Waals surface area contributed by atoms with Gasteiger partial charge in [-0.2, -0.15) is 11.8 Å². The highest BCUT2D eigenvalue weighted by atomic mass is 32.2. The Morgan fingerprint density at radius 3 is 2.56 bits per heavy atom. The van der Waals surface area contributed by atoms with Gasteiger partial charge in [-0.3, -0.25) is 4.79 Å². The zero-order valence-electron chi connectivity index (χ0n) is 16.6. The van der Waals surface area contributed by atoms with Gasteiger partial charge < -0.3 is 9.84 Å². The minimum Gasteiger partial charge on any atom is -0.481 e. The largest absolute Gasteiger partial charge is 0.481 e. The van der Waals surface area contributed by atoms with Crippen molar-refractivity contribution in [2.24, 2.45) is 17.8 Å². The molecule has 0 unspecified atom stereocenters. The molecule has 0 radical (unpaired) electrons. The lowest BCUT2D eigenvalue weighted by Gasteiger charge is -2.26. The van der Waals surface area contributed by atoms with E-state index in [1.165, 1.54) is 50.7 Å². The topological polar surface area (TPSA) is 46.5 Å². The fraction of sp³-hybridized carbons (Fsp3) is 0.783. The number of aliphatic carboxylic acids is 1. The lowest BCUT2D eigenvalue weighted by Crippen LogP contribution is -2.28. The number of hydrogen-bond acceptors (Lipinski definition) is 3. The predicted molar refractivity (Wildman–Crippen MR) is 113 cm³/mol. The second-order valence-electron chi connectivity index (χ2n) is 8.47. The fourth-order valence-electron chi connectivity index (χ4n) is 5.02. The average Bonchev–Trinajstić information content (AvgIpc) is 3.27. The Bertz CT molecular complexity index is 510. The van der Waals surface area contributed by atoms with Crippen LogP contribution in [0.4, 0.5) is 0 Å². The van der Waals surface area contributed by atoms with Gasteiger partial charge in [-0.25, -0.2) is 0 Å². The van der Waals surface area contributed by atoms with Crippen LogP contribution in [0.1, 0.15) is 70.6 Å². The minimum atomic E-state index is -0.695. The van der Waals surface area contributed by atoms with E-state index in [2.05, 4.69) is 36.1 Å². The molecule has 3 nitrogen and oxygen atoms in total. The number of allylic oxidation sites excluding steroid dienone is 3. The molecule has 1 N–H and O–H groups in total. The number of thioether (sulfide) groups is 1. The summed E-state index contributed by atoms with van der Waals surface area (Å²) in [5.41, 5.74) is 0. The number of unbranched alkanes of at least 4 members (excludes halogenated alkanes) is 1. The minimum absolute atomic E-state index is 0.273. The Labute approximate surface area is 169 Å². The molecule has 1 aliphatic carbocycles. The zero-order chi connectivity index (χ0) is 18.9. The second-order valence-corrected chi connectivity index (χ2v) is 9.55. The van der Waals surface area contributed by atoms with Gasteiger partial charge in [0.1, 0.15) is 0 Å². The molecule has 27 heavy (non-hydrogen) atoms. The number of rotatable bonds is 11. The number of carboxylic acids is 1. The van der Waals surface area contributed by atoms with E-state index in [-0.39, 0.29) is 6.42 Å². The summed E-state index contributed by atoms with van der Waals surface area (Å²) in [6.45, 7) is 0. The molecule has 0 aromatic heterocycles. The van der Waals surface area contributed by atoms with Crippen molar-refractivity contribution >= 4 is 17.7 Å². The van der Waals surface area contributed by atoms with Crippen molar-refractivity contribution in [2.75, 3.05) is 11.5 Å². The first-order valence-electron chi connectivity index (χ1n) is 11.0. The molecule has 2 bridgehead atoms. The van der Waals surface area contributed by atoms with Gasteiger partial charge in [0.15, 0.2) is 0 Å². The molecule has 1 saturated carbocycles. The van der Waals surface area contributed by atoms with Gasteiger partial charge in [-0.1, -0.05) is 43.6 Å². The molecule has 2 heterocycles. The number of ether oxygens (including phenoxy) is 1. The van der Waals surface area contributed by atoms with Gasteiger partial charge >= 0.3 is 5.97 Å². The van der Waals surface area contributed by atoms with Gasteiger partial charge in [0.05, 0.1) is 12.2 Å². The SMILES string of the molecule is O=C(O)CCC/C=C\C[C@@H]1[C@H](CSC/C=C/C2CCCCC2)[C@@H]2CC[C@H]1O2.